The Labute approximate surface area is 171 Å². The fourth-order valence-electron chi connectivity index (χ4n) is 3.39. The molecule has 0 aliphatic carbocycles. The van der Waals surface area contributed by atoms with Crippen LogP contribution in [0.1, 0.15) is 29.2 Å². The van der Waals surface area contributed by atoms with E-state index in [1.807, 2.05) is 24.4 Å². The van der Waals surface area contributed by atoms with Crippen molar-refractivity contribution in [1.29, 1.82) is 0 Å². The summed E-state index contributed by atoms with van der Waals surface area (Å²) in [6, 6.07) is 13.3. The first-order valence-electron chi connectivity index (χ1n) is 9.17. The molecular weight excluding hydrogens is 390 g/mol. The highest BCUT2D eigenvalue weighted by Crippen LogP contribution is 2.41. The first kappa shape index (κ1) is 19.0. The molecule has 3 heterocycles. The quantitative estimate of drug-likeness (QED) is 0.372. The number of Topliss-reactive ketones (excluding diaryl/α,β-unsaturated/α-hetero) is 1. The highest BCUT2D eigenvalue weighted by atomic mass is 32.1. The summed E-state index contributed by atoms with van der Waals surface area (Å²) >= 11 is 1.42. The van der Waals surface area contributed by atoms with Gasteiger partial charge in [-0.1, -0.05) is 6.07 Å². The Morgan fingerprint density at radius 3 is 2.59 bits per heavy atom. The van der Waals surface area contributed by atoms with Crippen LogP contribution in [0.3, 0.4) is 0 Å². The SMILES string of the molecule is CCOc1ccc(C(O)=C2C(=O)C(=O)N(Cc3ccco3)C2c2cccs2)cc1. The van der Waals surface area contributed by atoms with E-state index in [4.69, 9.17) is 9.15 Å². The zero-order valence-electron chi connectivity index (χ0n) is 15.7. The number of furan rings is 1. The molecule has 1 N–H and O–H groups in total. The molecule has 148 valence electrons. The second-order valence-electron chi connectivity index (χ2n) is 6.48. The van der Waals surface area contributed by atoms with Gasteiger partial charge >= 0.3 is 0 Å². The van der Waals surface area contributed by atoms with Gasteiger partial charge in [-0.25, -0.2) is 0 Å². The van der Waals surface area contributed by atoms with Crippen LogP contribution < -0.4 is 4.74 Å². The molecule has 4 rings (SSSR count). The lowest BCUT2D eigenvalue weighted by atomic mass is 10.00. The van der Waals surface area contributed by atoms with Gasteiger partial charge in [0.25, 0.3) is 11.7 Å². The summed E-state index contributed by atoms with van der Waals surface area (Å²) in [5, 5.41) is 12.8. The molecule has 7 heteroatoms. The average molecular weight is 409 g/mol. The lowest BCUT2D eigenvalue weighted by molar-refractivity contribution is -0.140. The predicted molar refractivity (Wildman–Crippen MR) is 108 cm³/mol. The molecule has 29 heavy (non-hydrogen) atoms. The lowest BCUT2D eigenvalue weighted by Gasteiger charge is -2.23. The normalized spacial score (nSPS) is 18.4. The number of aliphatic hydroxyl groups excluding tert-OH is 1. The van der Waals surface area contributed by atoms with Gasteiger partial charge in [-0.3, -0.25) is 9.59 Å². The van der Waals surface area contributed by atoms with Gasteiger partial charge in [-0.2, -0.15) is 0 Å². The largest absolute Gasteiger partial charge is 0.507 e. The van der Waals surface area contributed by atoms with E-state index >= 15 is 0 Å². The third kappa shape index (κ3) is 3.56. The van der Waals surface area contributed by atoms with Crippen LogP contribution in [0.2, 0.25) is 0 Å². The summed E-state index contributed by atoms with van der Waals surface area (Å²) in [5.74, 6) is -0.341. The van der Waals surface area contributed by atoms with Crippen LogP contribution in [0.5, 0.6) is 5.75 Å². The fraction of sp³-hybridized carbons (Fsp3) is 0.182. The molecule has 0 radical (unpaired) electrons. The van der Waals surface area contributed by atoms with Gasteiger partial charge in [-0.05, 0) is 54.8 Å². The van der Waals surface area contributed by atoms with Crippen LogP contribution in [0.4, 0.5) is 0 Å². The third-order valence-corrected chi connectivity index (χ3v) is 5.62. The van der Waals surface area contributed by atoms with Gasteiger partial charge in [0.2, 0.25) is 0 Å². The zero-order valence-corrected chi connectivity index (χ0v) is 16.5. The molecule has 0 spiro atoms. The molecule has 1 saturated heterocycles. The van der Waals surface area contributed by atoms with Crippen molar-refractivity contribution in [2.45, 2.75) is 19.5 Å². The number of benzene rings is 1. The van der Waals surface area contributed by atoms with Gasteiger partial charge in [0.1, 0.15) is 23.3 Å². The monoisotopic (exact) mass is 409 g/mol. The topological polar surface area (TPSA) is 80.0 Å². The minimum absolute atomic E-state index is 0.0770. The van der Waals surface area contributed by atoms with E-state index in [1.54, 1.807) is 36.4 Å². The molecule has 1 aromatic carbocycles. The van der Waals surface area contributed by atoms with Crippen molar-refractivity contribution >= 4 is 28.8 Å². The molecule has 1 aliphatic heterocycles. The summed E-state index contributed by atoms with van der Waals surface area (Å²) in [6.07, 6.45) is 1.52. The van der Waals surface area contributed by atoms with Crippen LogP contribution in [0.15, 0.2) is 70.2 Å². The number of amides is 1. The first-order chi connectivity index (χ1) is 14.1. The molecule has 1 unspecified atom stereocenters. The highest BCUT2D eigenvalue weighted by molar-refractivity contribution is 7.10. The van der Waals surface area contributed by atoms with Crippen LogP contribution in [-0.2, 0) is 16.1 Å². The Bertz CT molecular complexity index is 1040. The molecule has 6 nitrogen and oxygen atoms in total. The van der Waals surface area contributed by atoms with Crippen molar-refractivity contribution in [3.05, 3.63) is 81.9 Å². The van der Waals surface area contributed by atoms with Crippen LogP contribution in [0, 0.1) is 0 Å². The molecule has 1 amide bonds. The Morgan fingerprint density at radius 2 is 1.97 bits per heavy atom. The number of carbonyl (C=O) groups is 2. The summed E-state index contributed by atoms with van der Waals surface area (Å²) in [7, 11) is 0. The summed E-state index contributed by atoms with van der Waals surface area (Å²) < 4.78 is 10.8. The van der Waals surface area contributed by atoms with E-state index in [2.05, 4.69) is 0 Å². The van der Waals surface area contributed by atoms with Crippen LogP contribution in [-0.4, -0.2) is 28.3 Å². The Hall–Kier alpha value is -3.32. The van der Waals surface area contributed by atoms with Crippen molar-refractivity contribution in [2.75, 3.05) is 6.61 Å². The van der Waals surface area contributed by atoms with Gasteiger partial charge in [0.15, 0.2) is 0 Å². The van der Waals surface area contributed by atoms with E-state index < -0.39 is 17.7 Å². The van der Waals surface area contributed by atoms with E-state index in [0.717, 1.165) is 4.88 Å². The highest BCUT2D eigenvalue weighted by Gasteiger charge is 2.46. The number of aliphatic hydroxyl groups is 1. The standard InChI is InChI=1S/C22H19NO5S/c1-2-27-15-9-7-14(8-10-15)20(24)18-19(17-6-4-12-29-17)23(22(26)21(18)25)13-16-5-3-11-28-16/h3-12,19,24H,2,13H2,1H3. The second-order valence-corrected chi connectivity index (χ2v) is 7.46. The minimum Gasteiger partial charge on any atom is -0.507 e. The molecule has 1 aliphatic rings. The number of hydrogen-bond acceptors (Lipinski definition) is 6. The van der Waals surface area contributed by atoms with Crippen LogP contribution >= 0.6 is 11.3 Å². The zero-order chi connectivity index (χ0) is 20.4. The van der Waals surface area contributed by atoms with E-state index in [9.17, 15) is 14.7 Å². The maximum absolute atomic E-state index is 12.9. The first-order valence-corrected chi connectivity index (χ1v) is 10.1. The Morgan fingerprint density at radius 1 is 1.17 bits per heavy atom. The fourth-order valence-corrected chi connectivity index (χ4v) is 4.23. The number of thiophene rings is 1. The molecular formula is C22H19NO5S. The number of nitrogens with zero attached hydrogens (tertiary/aromatic N) is 1. The predicted octanol–water partition coefficient (Wildman–Crippen LogP) is 4.36. The van der Waals surface area contributed by atoms with Crippen molar-refractivity contribution in [3.63, 3.8) is 0 Å². The van der Waals surface area contributed by atoms with Crippen LogP contribution in [0.25, 0.3) is 5.76 Å². The van der Waals surface area contributed by atoms with E-state index in [-0.39, 0.29) is 17.9 Å². The Balaban J connectivity index is 1.78. The maximum atomic E-state index is 12.9. The summed E-state index contributed by atoms with van der Waals surface area (Å²) in [6.45, 7) is 2.55. The van der Waals surface area contributed by atoms with Crippen molar-refractivity contribution in [3.8, 4) is 5.75 Å². The Kier molecular flexibility index (Phi) is 5.22. The molecule has 0 saturated carbocycles. The molecule has 3 aromatic rings. The summed E-state index contributed by atoms with van der Waals surface area (Å²) in [5.41, 5.74) is 0.527. The molecule has 1 fully saturated rings. The lowest BCUT2D eigenvalue weighted by Crippen LogP contribution is -2.28. The molecule has 1 atom stereocenters. The van der Waals surface area contributed by atoms with Crippen molar-refractivity contribution in [2.24, 2.45) is 0 Å². The number of ketones is 1. The van der Waals surface area contributed by atoms with E-state index in [0.29, 0.717) is 23.7 Å². The number of rotatable bonds is 6. The molecule has 2 aromatic heterocycles. The smallest absolute Gasteiger partial charge is 0.296 e. The van der Waals surface area contributed by atoms with E-state index in [1.165, 1.54) is 22.5 Å². The number of ether oxygens (including phenoxy) is 1. The number of likely N-dealkylation sites (tertiary alicyclic amines) is 1. The summed E-state index contributed by atoms with van der Waals surface area (Å²) in [4.78, 5) is 27.9. The number of hydrogen-bond donors (Lipinski definition) is 1. The minimum atomic E-state index is -0.707. The van der Waals surface area contributed by atoms with Gasteiger partial charge in [-0.15, -0.1) is 11.3 Å². The third-order valence-electron chi connectivity index (χ3n) is 4.70. The van der Waals surface area contributed by atoms with Gasteiger partial charge in [0, 0.05) is 10.4 Å². The van der Waals surface area contributed by atoms with Crippen molar-refractivity contribution in [1.82, 2.24) is 4.90 Å². The van der Waals surface area contributed by atoms with Gasteiger partial charge < -0.3 is 19.2 Å². The second kappa shape index (κ2) is 7.97. The van der Waals surface area contributed by atoms with Gasteiger partial charge in [0.05, 0.1) is 25.0 Å². The average Bonchev–Trinajstić information content (AvgIpc) is 3.47. The maximum Gasteiger partial charge on any atom is 0.296 e. The molecule has 0 bridgehead atoms. The van der Waals surface area contributed by atoms with Crippen molar-refractivity contribution < 1.29 is 23.8 Å². The number of carbonyl (C=O) groups excluding carboxylic acids is 2.